The topological polar surface area (TPSA) is 72.0 Å². The molecule has 6 heteroatoms. The maximum absolute atomic E-state index is 5.63. The number of benzene rings is 1. The molecule has 2 N–H and O–H groups in total. The summed E-state index contributed by atoms with van der Waals surface area (Å²) in [6, 6.07) is 6.47. The third-order valence-corrected chi connectivity index (χ3v) is 4.70. The van der Waals surface area contributed by atoms with Crippen molar-refractivity contribution < 1.29 is 4.74 Å². The molecular weight excluding hydrogens is 326 g/mol. The molecule has 0 saturated carbocycles. The molecule has 1 aromatic heterocycles. The molecule has 26 heavy (non-hydrogen) atoms. The summed E-state index contributed by atoms with van der Waals surface area (Å²) >= 11 is 0. The van der Waals surface area contributed by atoms with Crippen molar-refractivity contribution in [2.75, 3.05) is 23.8 Å². The Kier molecular flexibility index (Phi) is 6.04. The third-order valence-electron chi connectivity index (χ3n) is 4.70. The Morgan fingerprint density at radius 2 is 1.88 bits per heavy atom. The number of hydrogen-bond donors (Lipinski definition) is 2. The minimum absolute atomic E-state index is 0.240. The van der Waals surface area contributed by atoms with Crippen LogP contribution < -0.4 is 10.6 Å². The third kappa shape index (κ3) is 4.49. The first-order valence-corrected chi connectivity index (χ1v) is 9.49. The monoisotopic (exact) mass is 355 g/mol. The lowest BCUT2D eigenvalue weighted by atomic mass is 9.92. The summed E-state index contributed by atoms with van der Waals surface area (Å²) in [5.41, 5.74) is 3.69. The average Bonchev–Trinajstić information content (AvgIpc) is 3.13. The zero-order chi connectivity index (χ0) is 18.5. The van der Waals surface area contributed by atoms with Gasteiger partial charge in [0.05, 0.1) is 12.3 Å². The molecule has 2 heterocycles. The fourth-order valence-corrected chi connectivity index (χ4v) is 3.27. The molecular formula is C20H29N5O. The molecule has 1 fully saturated rings. The van der Waals surface area contributed by atoms with E-state index < -0.39 is 0 Å². The van der Waals surface area contributed by atoms with E-state index >= 15 is 0 Å². The van der Waals surface area contributed by atoms with Gasteiger partial charge in [0, 0.05) is 18.8 Å². The zero-order valence-electron chi connectivity index (χ0n) is 16.1. The van der Waals surface area contributed by atoms with Crippen LogP contribution in [0.2, 0.25) is 0 Å². The van der Waals surface area contributed by atoms with Gasteiger partial charge < -0.3 is 15.4 Å². The SMILES string of the molecule is CC(C)c1cccc(C(C)C)c1Nc1cnnc(NCC2CCCO2)n1. The van der Waals surface area contributed by atoms with Crippen molar-refractivity contribution in [1.82, 2.24) is 15.2 Å². The summed E-state index contributed by atoms with van der Waals surface area (Å²) in [6.07, 6.45) is 4.11. The van der Waals surface area contributed by atoms with Crippen LogP contribution in [0, 0.1) is 0 Å². The van der Waals surface area contributed by atoms with Crippen LogP contribution in [0.3, 0.4) is 0 Å². The van der Waals surface area contributed by atoms with Crippen molar-refractivity contribution in [3.63, 3.8) is 0 Å². The van der Waals surface area contributed by atoms with E-state index in [1.54, 1.807) is 6.20 Å². The molecule has 1 atom stereocenters. The molecule has 3 rings (SSSR count). The van der Waals surface area contributed by atoms with Gasteiger partial charge in [-0.05, 0) is 35.8 Å². The quantitative estimate of drug-likeness (QED) is 0.764. The minimum atomic E-state index is 0.240. The second-order valence-corrected chi connectivity index (χ2v) is 7.43. The van der Waals surface area contributed by atoms with Crippen molar-refractivity contribution in [2.24, 2.45) is 0 Å². The molecule has 0 spiro atoms. The first-order valence-electron chi connectivity index (χ1n) is 9.49. The standard InChI is InChI=1S/C20H29N5O/c1-13(2)16-8-5-9-17(14(3)4)19(16)23-18-12-22-25-20(24-18)21-11-15-7-6-10-26-15/h5,8-9,12-15H,6-7,10-11H2,1-4H3,(H2,21,23,24,25). The average molecular weight is 355 g/mol. The zero-order valence-corrected chi connectivity index (χ0v) is 16.1. The van der Waals surface area contributed by atoms with Crippen LogP contribution in [-0.4, -0.2) is 34.4 Å². The molecule has 140 valence electrons. The van der Waals surface area contributed by atoms with Gasteiger partial charge in [0.25, 0.3) is 0 Å². The molecule has 0 bridgehead atoms. The van der Waals surface area contributed by atoms with Crippen molar-refractivity contribution in [3.05, 3.63) is 35.5 Å². The number of rotatable bonds is 7. The number of para-hydroxylation sites is 1. The maximum Gasteiger partial charge on any atom is 0.244 e. The Bertz CT molecular complexity index is 700. The van der Waals surface area contributed by atoms with Crippen LogP contribution in [0.1, 0.15) is 63.5 Å². The van der Waals surface area contributed by atoms with Crippen molar-refractivity contribution >= 4 is 17.5 Å². The Morgan fingerprint density at radius 3 is 2.50 bits per heavy atom. The Balaban J connectivity index is 1.79. The fourth-order valence-electron chi connectivity index (χ4n) is 3.27. The number of hydrogen-bond acceptors (Lipinski definition) is 6. The molecule has 1 aliphatic heterocycles. The van der Waals surface area contributed by atoms with E-state index in [4.69, 9.17) is 4.74 Å². The number of nitrogens with zero attached hydrogens (tertiary/aromatic N) is 3. The van der Waals surface area contributed by atoms with Gasteiger partial charge in [0.15, 0.2) is 5.82 Å². The summed E-state index contributed by atoms with van der Waals surface area (Å²) in [5.74, 6) is 2.06. The van der Waals surface area contributed by atoms with Gasteiger partial charge in [-0.25, -0.2) is 0 Å². The molecule has 1 saturated heterocycles. The summed E-state index contributed by atoms with van der Waals surface area (Å²) in [5, 5.41) is 14.9. The van der Waals surface area contributed by atoms with E-state index in [2.05, 4.69) is 71.7 Å². The van der Waals surface area contributed by atoms with Gasteiger partial charge in [0.2, 0.25) is 5.95 Å². The number of anilines is 3. The molecule has 1 aliphatic rings. The summed E-state index contributed by atoms with van der Waals surface area (Å²) in [6.45, 7) is 10.4. The fraction of sp³-hybridized carbons (Fsp3) is 0.550. The number of aromatic nitrogens is 3. The highest BCUT2D eigenvalue weighted by atomic mass is 16.5. The Labute approximate surface area is 155 Å². The van der Waals surface area contributed by atoms with E-state index in [0.29, 0.717) is 30.1 Å². The highest BCUT2D eigenvalue weighted by Crippen LogP contribution is 2.34. The van der Waals surface area contributed by atoms with Crippen LogP contribution in [0.4, 0.5) is 17.5 Å². The van der Waals surface area contributed by atoms with Gasteiger partial charge in [0.1, 0.15) is 0 Å². The highest BCUT2D eigenvalue weighted by Gasteiger charge is 2.17. The molecule has 2 aromatic rings. The second kappa shape index (κ2) is 8.45. The van der Waals surface area contributed by atoms with Gasteiger partial charge in [-0.15, -0.1) is 5.10 Å². The highest BCUT2D eigenvalue weighted by molar-refractivity contribution is 5.66. The predicted molar refractivity (Wildman–Crippen MR) is 105 cm³/mol. The molecule has 0 aliphatic carbocycles. The van der Waals surface area contributed by atoms with E-state index in [1.807, 2.05) is 0 Å². The van der Waals surface area contributed by atoms with Gasteiger partial charge in [-0.1, -0.05) is 45.9 Å². The van der Waals surface area contributed by atoms with Crippen LogP contribution in [0.5, 0.6) is 0 Å². The van der Waals surface area contributed by atoms with Crippen LogP contribution >= 0.6 is 0 Å². The summed E-state index contributed by atoms with van der Waals surface area (Å²) in [4.78, 5) is 4.58. The predicted octanol–water partition coefficient (Wildman–Crippen LogP) is 4.45. The Morgan fingerprint density at radius 1 is 1.15 bits per heavy atom. The number of nitrogens with one attached hydrogen (secondary N) is 2. The lowest BCUT2D eigenvalue weighted by Gasteiger charge is -2.20. The molecule has 1 aromatic carbocycles. The van der Waals surface area contributed by atoms with Gasteiger partial charge in [-0.2, -0.15) is 10.1 Å². The lowest BCUT2D eigenvalue weighted by Crippen LogP contribution is -2.20. The normalized spacial score (nSPS) is 17.1. The summed E-state index contributed by atoms with van der Waals surface area (Å²) in [7, 11) is 0. The first kappa shape index (κ1) is 18.6. The van der Waals surface area contributed by atoms with Gasteiger partial charge >= 0.3 is 0 Å². The van der Waals surface area contributed by atoms with Crippen LogP contribution in [0.25, 0.3) is 0 Å². The molecule has 1 unspecified atom stereocenters. The van der Waals surface area contributed by atoms with Crippen molar-refractivity contribution in [3.8, 4) is 0 Å². The summed E-state index contributed by atoms with van der Waals surface area (Å²) < 4.78 is 5.63. The molecule has 6 nitrogen and oxygen atoms in total. The van der Waals surface area contributed by atoms with E-state index in [-0.39, 0.29) is 6.10 Å². The van der Waals surface area contributed by atoms with Gasteiger partial charge in [-0.3, -0.25) is 0 Å². The lowest BCUT2D eigenvalue weighted by molar-refractivity contribution is 0.120. The van der Waals surface area contributed by atoms with E-state index in [1.165, 1.54) is 11.1 Å². The van der Waals surface area contributed by atoms with E-state index in [9.17, 15) is 0 Å². The van der Waals surface area contributed by atoms with E-state index in [0.717, 1.165) is 25.1 Å². The first-order chi connectivity index (χ1) is 12.5. The van der Waals surface area contributed by atoms with Crippen LogP contribution in [-0.2, 0) is 4.74 Å². The smallest absolute Gasteiger partial charge is 0.244 e. The minimum Gasteiger partial charge on any atom is -0.376 e. The molecule has 0 radical (unpaired) electrons. The van der Waals surface area contributed by atoms with Crippen molar-refractivity contribution in [2.45, 2.75) is 58.5 Å². The largest absolute Gasteiger partial charge is 0.376 e. The number of ether oxygens (including phenoxy) is 1. The maximum atomic E-state index is 5.63. The second-order valence-electron chi connectivity index (χ2n) is 7.43. The molecule has 0 amide bonds. The van der Waals surface area contributed by atoms with Crippen LogP contribution in [0.15, 0.2) is 24.4 Å². The Hall–Kier alpha value is -2.21. The van der Waals surface area contributed by atoms with Crippen molar-refractivity contribution in [1.29, 1.82) is 0 Å².